The van der Waals surface area contributed by atoms with Gasteiger partial charge in [0.1, 0.15) is 10.7 Å². The molecule has 0 aliphatic rings. The molecule has 3 N–H and O–H groups in total. The van der Waals surface area contributed by atoms with Crippen LogP contribution in [0.25, 0.3) is 0 Å². The van der Waals surface area contributed by atoms with Crippen LogP contribution in [-0.2, 0) is 16.5 Å². The predicted octanol–water partition coefficient (Wildman–Crippen LogP) is 0.289. The molecule has 0 aliphatic carbocycles. The molecule has 5 nitrogen and oxygen atoms in total. The van der Waals surface area contributed by atoms with E-state index in [9.17, 15) is 13.2 Å². The quantitative estimate of drug-likeness (QED) is 0.632. The van der Waals surface area contributed by atoms with Gasteiger partial charge < -0.3 is 11.1 Å². The highest BCUT2D eigenvalue weighted by molar-refractivity contribution is 7.71. The zero-order valence-electron chi connectivity index (χ0n) is 7.27. The number of urea groups is 1. The average molecular weight is 214 g/mol. The topological polar surface area (TPSA) is 89.3 Å². The molecule has 0 unspecified atom stereocenters. The molecule has 14 heavy (non-hydrogen) atoms. The van der Waals surface area contributed by atoms with Gasteiger partial charge in [-0.2, -0.15) is 0 Å². The summed E-state index contributed by atoms with van der Waals surface area (Å²) in [5.41, 5.74) is 6.02. The lowest BCUT2D eigenvalue weighted by molar-refractivity contribution is 0.259. The molecule has 1 aromatic carbocycles. The first-order valence-electron chi connectivity index (χ1n) is 3.85. The second-order valence-electron chi connectivity index (χ2n) is 2.68. The largest absolute Gasteiger partial charge is 0.351 e. The first-order chi connectivity index (χ1) is 6.58. The molecule has 0 spiro atoms. The van der Waals surface area contributed by atoms with Gasteiger partial charge in [0.15, 0.2) is 0 Å². The molecule has 0 bridgehead atoms. The number of carbonyl (C=O) groups excluding carboxylic acids is 1. The lowest BCUT2D eigenvalue weighted by atomic mass is 10.2. The van der Waals surface area contributed by atoms with Gasteiger partial charge in [-0.3, -0.25) is 0 Å². The molecule has 6 heteroatoms. The molecular weight excluding hydrogens is 204 g/mol. The van der Waals surface area contributed by atoms with E-state index in [-0.39, 0.29) is 5.75 Å². The molecule has 0 aromatic heterocycles. The Morgan fingerprint density at radius 2 is 2.14 bits per heavy atom. The van der Waals surface area contributed by atoms with Crippen LogP contribution in [-0.4, -0.2) is 14.4 Å². The maximum atomic E-state index is 10.5. The number of anilines is 1. The molecule has 0 saturated heterocycles. The van der Waals surface area contributed by atoms with Gasteiger partial charge in [-0.05, 0) is 17.7 Å². The summed E-state index contributed by atoms with van der Waals surface area (Å²) < 4.78 is 20.9. The summed E-state index contributed by atoms with van der Waals surface area (Å²) >= 11 is 0. The number of rotatable bonds is 3. The standard InChI is InChI=1S/C8H10N2O3S/c9-8(11)10-7-3-1-2-6(4-7)5-14(12)13/h1-4,14H,5H2,(H3,9,10,11). The van der Waals surface area contributed by atoms with Gasteiger partial charge in [-0.15, -0.1) is 0 Å². The van der Waals surface area contributed by atoms with Gasteiger partial charge in [-0.1, -0.05) is 12.1 Å². The maximum absolute atomic E-state index is 10.5. The minimum Gasteiger partial charge on any atom is -0.351 e. The van der Waals surface area contributed by atoms with Gasteiger partial charge in [0.2, 0.25) is 0 Å². The lowest BCUT2D eigenvalue weighted by Crippen LogP contribution is -2.19. The number of nitrogens with two attached hydrogens (primary N) is 1. The number of primary amides is 1. The third kappa shape index (κ3) is 3.44. The molecule has 0 heterocycles. The smallest absolute Gasteiger partial charge is 0.316 e. The van der Waals surface area contributed by atoms with E-state index in [0.717, 1.165) is 0 Å². The Hall–Kier alpha value is -1.56. The monoisotopic (exact) mass is 214 g/mol. The van der Waals surface area contributed by atoms with E-state index in [4.69, 9.17) is 5.73 Å². The van der Waals surface area contributed by atoms with Crippen LogP contribution in [0.4, 0.5) is 10.5 Å². The van der Waals surface area contributed by atoms with Gasteiger partial charge in [0.25, 0.3) is 0 Å². The second kappa shape index (κ2) is 4.61. The number of amides is 2. The van der Waals surface area contributed by atoms with Crippen molar-refractivity contribution in [1.29, 1.82) is 0 Å². The van der Waals surface area contributed by atoms with E-state index in [1.54, 1.807) is 24.3 Å². The van der Waals surface area contributed by atoms with Crippen molar-refractivity contribution in [3.8, 4) is 0 Å². The molecule has 0 atom stereocenters. The summed E-state index contributed by atoms with van der Waals surface area (Å²) in [4.78, 5) is 10.5. The first-order valence-corrected chi connectivity index (χ1v) is 5.21. The fourth-order valence-corrected chi connectivity index (χ4v) is 1.53. The molecule has 0 fully saturated rings. The molecule has 1 rings (SSSR count). The lowest BCUT2D eigenvalue weighted by Gasteiger charge is -2.02. The summed E-state index contributed by atoms with van der Waals surface area (Å²) in [5.74, 6) is -0.0381. The number of carbonyl (C=O) groups is 1. The molecule has 76 valence electrons. The zero-order valence-corrected chi connectivity index (χ0v) is 8.16. The van der Waals surface area contributed by atoms with Crippen LogP contribution >= 0.6 is 0 Å². The van der Waals surface area contributed by atoms with Crippen molar-refractivity contribution >= 4 is 22.4 Å². The van der Waals surface area contributed by atoms with Crippen LogP contribution in [0.2, 0.25) is 0 Å². The van der Waals surface area contributed by atoms with E-state index in [2.05, 4.69) is 5.32 Å². The van der Waals surface area contributed by atoms with E-state index in [1.165, 1.54) is 0 Å². The highest BCUT2D eigenvalue weighted by atomic mass is 32.2. The van der Waals surface area contributed by atoms with Crippen LogP contribution in [0.1, 0.15) is 5.56 Å². The molecule has 1 aromatic rings. The second-order valence-corrected chi connectivity index (χ2v) is 3.66. The highest BCUT2D eigenvalue weighted by Crippen LogP contribution is 2.10. The Kier molecular flexibility index (Phi) is 3.47. The first kappa shape index (κ1) is 10.5. The Labute approximate surface area is 82.9 Å². The Bertz CT molecular complexity index is 407. The van der Waals surface area contributed by atoms with Crippen molar-refractivity contribution in [3.05, 3.63) is 29.8 Å². The summed E-state index contributed by atoms with van der Waals surface area (Å²) in [6.45, 7) is 0. The van der Waals surface area contributed by atoms with Crippen molar-refractivity contribution in [3.63, 3.8) is 0 Å². The Morgan fingerprint density at radius 3 is 2.71 bits per heavy atom. The number of hydrogen-bond donors (Lipinski definition) is 3. The summed E-state index contributed by atoms with van der Waals surface area (Å²) in [6.07, 6.45) is 0. The zero-order chi connectivity index (χ0) is 10.6. The number of benzene rings is 1. The fraction of sp³-hybridized carbons (Fsp3) is 0.125. The fourth-order valence-electron chi connectivity index (χ4n) is 1.04. The molecular formula is C8H10N2O3S. The van der Waals surface area contributed by atoms with Crippen LogP contribution in [0.15, 0.2) is 24.3 Å². The van der Waals surface area contributed by atoms with Crippen LogP contribution in [0.3, 0.4) is 0 Å². The summed E-state index contributed by atoms with van der Waals surface area (Å²) in [5, 5.41) is 2.36. The Balaban J connectivity index is 2.83. The van der Waals surface area contributed by atoms with E-state index in [0.29, 0.717) is 11.3 Å². The van der Waals surface area contributed by atoms with Gasteiger partial charge >= 0.3 is 6.03 Å². The third-order valence-corrected chi connectivity index (χ3v) is 2.13. The van der Waals surface area contributed by atoms with Crippen molar-refractivity contribution < 1.29 is 13.2 Å². The van der Waals surface area contributed by atoms with E-state index in [1.807, 2.05) is 0 Å². The summed E-state index contributed by atoms with van der Waals surface area (Å²) in [6, 6.07) is 5.84. The van der Waals surface area contributed by atoms with Gasteiger partial charge in [0, 0.05) is 5.69 Å². The van der Waals surface area contributed by atoms with Gasteiger partial charge in [0.05, 0.1) is 5.75 Å². The van der Waals surface area contributed by atoms with Gasteiger partial charge in [-0.25, -0.2) is 13.2 Å². The van der Waals surface area contributed by atoms with E-state index < -0.39 is 16.7 Å². The van der Waals surface area contributed by atoms with Crippen LogP contribution in [0.5, 0.6) is 0 Å². The summed E-state index contributed by atoms with van der Waals surface area (Å²) in [7, 11) is -2.45. The molecule has 0 radical (unpaired) electrons. The predicted molar refractivity (Wildman–Crippen MR) is 53.7 cm³/mol. The maximum Gasteiger partial charge on any atom is 0.316 e. The van der Waals surface area contributed by atoms with Crippen molar-refractivity contribution in [2.75, 3.05) is 5.32 Å². The van der Waals surface area contributed by atoms with Crippen LogP contribution in [0, 0.1) is 0 Å². The molecule has 0 aliphatic heterocycles. The molecule has 2 amide bonds. The number of nitrogens with one attached hydrogen (secondary N) is 1. The van der Waals surface area contributed by atoms with Crippen molar-refractivity contribution in [2.24, 2.45) is 5.73 Å². The average Bonchev–Trinajstić information content (AvgIpc) is 2.01. The number of hydrogen-bond acceptors (Lipinski definition) is 3. The SMILES string of the molecule is NC(=O)Nc1cccc(C[SH](=O)=O)c1. The minimum atomic E-state index is -2.45. The minimum absolute atomic E-state index is 0.0381. The van der Waals surface area contributed by atoms with Crippen molar-refractivity contribution in [2.45, 2.75) is 5.75 Å². The third-order valence-electron chi connectivity index (χ3n) is 1.51. The van der Waals surface area contributed by atoms with Crippen LogP contribution < -0.4 is 11.1 Å². The number of thiol groups is 1. The highest BCUT2D eigenvalue weighted by Gasteiger charge is 1.98. The van der Waals surface area contributed by atoms with E-state index >= 15 is 0 Å². The molecule has 0 saturated carbocycles. The van der Waals surface area contributed by atoms with Crippen molar-refractivity contribution in [1.82, 2.24) is 0 Å². The normalized spacial score (nSPS) is 10.1. The Morgan fingerprint density at radius 1 is 1.43 bits per heavy atom.